The summed E-state index contributed by atoms with van der Waals surface area (Å²) in [5, 5.41) is 5.28. The molecule has 0 bridgehead atoms. The molecule has 6 heteroatoms. The molecule has 0 aliphatic carbocycles. The Morgan fingerprint density at radius 2 is 2.33 bits per heavy atom. The van der Waals surface area contributed by atoms with Crippen molar-refractivity contribution >= 4 is 22.9 Å². The summed E-state index contributed by atoms with van der Waals surface area (Å²) >= 11 is 1.39. The fraction of sp³-hybridized carbons (Fsp3) is 0.333. The maximum absolute atomic E-state index is 12.1. The molecule has 0 aliphatic rings. The predicted molar refractivity (Wildman–Crippen MR) is 84.9 cm³/mol. The van der Waals surface area contributed by atoms with Gasteiger partial charge in [-0.3, -0.25) is 4.79 Å². The van der Waals surface area contributed by atoms with Crippen molar-refractivity contribution in [2.24, 2.45) is 5.73 Å². The Balaban J connectivity index is 2.04. The van der Waals surface area contributed by atoms with Crippen LogP contribution in [0, 0.1) is 0 Å². The molecular weight excluding hydrogens is 286 g/mol. The minimum atomic E-state index is -0.245. The molecular formula is C15H19N3O2S. The smallest absolute Gasteiger partial charge is 0.275 e. The summed E-state index contributed by atoms with van der Waals surface area (Å²) < 4.78 is 5.54. The molecule has 112 valence electrons. The Kier molecular flexibility index (Phi) is 5.30. The Labute approximate surface area is 128 Å². The lowest BCUT2D eigenvalue weighted by Gasteiger charge is -2.07. The quantitative estimate of drug-likeness (QED) is 0.859. The van der Waals surface area contributed by atoms with Gasteiger partial charge in [0.05, 0.1) is 12.6 Å². The summed E-state index contributed by atoms with van der Waals surface area (Å²) in [5.41, 5.74) is 6.81. The Morgan fingerprint density at radius 3 is 3.00 bits per heavy atom. The van der Waals surface area contributed by atoms with Gasteiger partial charge in [-0.15, -0.1) is 11.3 Å². The lowest BCUT2D eigenvalue weighted by atomic mass is 10.3. The van der Waals surface area contributed by atoms with Crippen molar-refractivity contribution in [2.75, 3.05) is 11.9 Å². The van der Waals surface area contributed by atoms with Crippen molar-refractivity contribution < 1.29 is 9.53 Å². The highest BCUT2D eigenvalue weighted by Crippen LogP contribution is 2.20. The first kappa shape index (κ1) is 15.5. The molecule has 21 heavy (non-hydrogen) atoms. The first-order chi connectivity index (χ1) is 10.1. The van der Waals surface area contributed by atoms with Gasteiger partial charge in [0, 0.05) is 17.1 Å². The van der Waals surface area contributed by atoms with Crippen molar-refractivity contribution in [3.8, 4) is 5.75 Å². The summed E-state index contributed by atoms with van der Waals surface area (Å²) in [6.07, 6.45) is 0.940. The van der Waals surface area contributed by atoms with Gasteiger partial charge in [-0.05, 0) is 25.5 Å². The molecule has 1 amide bonds. The second-order valence-corrected chi connectivity index (χ2v) is 5.58. The van der Waals surface area contributed by atoms with Crippen molar-refractivity contribution in [3.05, 3.63) is 40.3 Å². The zero-order valence-electron chi connectivity index (χ0n) is 12.1. The van der Waals surface area contributed by atoms with E-state index in [-0.39, 0.29) is 11.9 Å². The number of hydrogen-bond acceptors (Lipinski definition) is 5. The monoisotopic (exact) mass is 305 g/mol. The second-order valence-electron chi connectivity index (χ2n) is 4.69. The van der Waals surface area contributed by atoms with Gasteiger partial charge < -0.3 is 15.8 Å². The highest BCUT2D eigenvalue weighted by molar-refractivity contribution is 7.09. The summed E-state index contributed by atoms with van der Waals surface area (Å²) in [6, 6.07) is 7.15. The van der Waals surface area contributed by atoms with Crippen molar-refractivity contribution in [1.82, 2.24) is 4.98 Å². The lowest BCUT2D eigenvalue weighted by Crippen LogP contribution is -2.13. The first-order valence-electron chi connectivity index (χ1n) is 6.85. The van der Waals surface area contributed by atoms with E-state index < -0.39 is 0 Å². The largest absolute Gasteiger partial charge is 0.494 e. The number of carbonyl (C=O) groups excluding carboxylic acids is 1. The van der Waals surface area contributed by atoms with E-state index in [2.05, 4.69) is 10.3 Å². The van der Waals surface area contributed by atoms with Gasteiger partial charge in [-0.1, -0.05) is 13.0 Å². The van der Waals surface area contributed by atoms with Gasteiger partial charge >= 0.3 is 0 Å². The van der Waals surface area contributed by atoms with E-state index in [1.165, 1.54) is 11.3 Å². The fourth-order valence-electron chi connectivity index (χ4n) is 1.68. The number of carbonyl (C=O) groups is 1. The molecule has 0 saturated heterocycles. The van der Waals surface area contributed by atoms with Gasteiger partial charge in [0.2, 0.25) is 0 Å². The van der Waals surface area contributed by atoms with Crippen LogP contribution in [0.15, 0.2) is 29.6 Å². The molecule has 0 spiro atoms. The van der Waals surface area contributed by atoms with Crippen LogP contribution in [-0.2, 0) is 0 Å². The first-order valence-corrected chi connectivity index (χ1v) is 7.73. The zero-order valence-corrected chi connectivity index (χ0v) is 12.9. The summed E-state index contributed by atoms with van der Waals surface area (Å²) in [4.78, 5) is 16.4. The average molecular weight is 305 g/mol. The highest BCUT2D eigenvalue weighted by Gasteiger charge is 2.13. The summed E-state index contributed by atoms with van der Waals surface area (Å²) in [5.74, 6) is 0.495. The van der Waals surface area contributed by atoms with Crippen LogP contribution >= 0.6 is 11.3 Å². The van der Waals surface area contributed by atoms with E-state index >= 15 is 0 Å². The number of benzene rings is 1. The molecule has 0 saturated carbocycles. The molecule has 2 aromatic rings. The normalized spacial score (nSPS) is 12.0. The van der Waals surface area contributed by atoms with Crippen LogP contribution in [0.3, 0.4) is 0 Å². The molecule has 0 aliphatic heterocycles. The average Bonchev–Trinajstić information content (AvgIpc) is 2.95. The summed E-state index contributed by atoms with van der Waals surface area (Å²) in [6.45, 7) is 4.54. The van der Waals surface area contributed by atoms with Crippen LogP contribution in [0.4, 0.5) is 5.69 Å². The Hall–Kier alpha value is -1.92. The molecule has 0 fully saturated rings. The SMILES string of the molecule is CCCOc1cccc(NC(=O)c2csc(C(C)N)n2)c1. The number of nitrogens with zero attached hydrogens (tertiary/aromatic N) is 1. The summed E-state index contributed by atoms with van der Waals surface area (Å²) in [7, 11) is 0. The molecule has 3 N–H and O–H groups in total. The van der Waals surface area contributed by atoms with Gasteiger partial charge in [0.25, 0.3) is 5.91 Å². The van der Waals surface area contributed by atoms with Gasteiger partial charge in [-0.25, -0.2) is 4.98 Å². The lowest BCUT2D eigenvalue weighted by molar-refractivity contribution is 0.102. The van der Waals surface area contributed by atoms with E-state index in [1.807, 2.05) is 32.0 Å². The second kappa shape index (κ2) is 7.19. The number of ether oxygens (including phenoxy) is 1. The van der Waals surface area contributed by atoms with Crippen molar-refractivity contribution in [3.63, 3.8) is 0 Å². The fourth-order valence-corrected chi connectivity index (χ4v) is 2.44. The Bertz CT molecular complexity index is 610. The van der Waals surface area contributed by atoms with Crippen LogP contribution in [0.2, 0.25) is 0 Å². The van der Waals surface area contributed by atoms with E-state index in [4.69, 9.17) is 10.5 Å². The van der Waals surface area contributed by atoms with E-state index in [9.17, 15) is 4.79 Å². The number of hydrogen-bond donors (Lipinski definition) is 2. The zero-order chi connectivity index (χ0) is 15.2. The van der Waals surface area contributed by atoms with Crippen molar-refractivity contribution in [2.45, 2.75) is 26.3 Å². The van der Waals surface area contributed by atoms with Crippen molar-refractivity contribution in [1.29, 1.82) is 0 Å². The number of thiazole rings is 1. The third-order valence-electron chi connectivity index (χ3n) is 2.71. The van der Waals surface area contributed by atoms with Crippen LogP contribution < -0.4 is 15.8 Å². The van der Waals surface area contributed by atoms with E-state index in [0.717, 1.165) is 17.2 Å². The van der Waals surface area contributed by atoms with Crippen LogP contribution in [0.25, 0.3) is 0 Å². The Morgan fingerprint density at radius 1 is 1.52 bits per heavy atom. The minimum Gasteiger partial charge on any atom is -0.494 e. The molecule has 1 unspecified atom stereocenters. The maximum atomic E-state index is 12.1. The van der Waals surface area contributed by atoms with Crippen LogP contribution in [-0.4, -0.2) is 17.5 Å². The third kappa shape index (κ3) is 4.27. The number of amides is 1. The third-order valence-corrected chi connectivity index (χ3v) is 3.75. The molecule has 1 aromatic carbocycles. The van der Waals surface area contributed by atoms with E-state index in [0.29, 0.717) is 18.0 Å². The van der Waals surface area contributed by atoms with Gasteiger partial charge in [-0.2, -0.15) is 0 Å². The number of nitrogens with one attached hydrogen (secondary N) is 1. The number of nitrogens with two attached hydrogens (primary N) is 1. The van der Waals surface area contributed by atoms with Gasteiger partial charge in [0.1, 0.15) is 16.5 Å². The minimum absolute atomic E-state index is 0.165. The highest BCUT2D eigenvalue weighted by atomic mass is 32.1. The predicted octanol–water partition coefficient (Wildman–Crippen LogP) is 3.20. The van der Waals surface area contributed by atoms with Crippen LogP contribution in [0.1, 0.15) is 41.8 Å². The standard InChI is InChI=1S/C15H19N3O2S/c1-3-7-20-12-6-4-5-11(8-12)17-14(19)13-9-21-15(18-13)10(2)16/h4-6,8-10H,3,7,16H2,1-2H3,(H,17,19). The topological polar surface area (TPSA) is 77.2 Å². The number of rotatable bonds is 6. The molecule has 1 aromatic heterocycles. The van der Waals surface area contributed by atoms with Crippen LogP contribution in [0.5, 0.6) is 5.75 Å². The number of aromatic nitrogens is 1. The molecule has 2 rings (SSSR count). The maximum Gasteiger partial charge on any atom is 0.275 e. The van der Waals surface area contributed by atoms with E-state index in [1.54, 1.807) is 11.4 Å². The molecule has 0 radical (unpaired) electrons. The molecule has 1 atom stereocenters. The van der Waals surface area contributed by atoms with Gasteiger partial charge in [0.15, 0.2) is 0 Å². The number of anilines is 1. The molecule has 5 nitrogen and oxygen atoms in total. The molecule has 1 heterocycles.